The first kappa shape index (κ1) is 14.5. The van der Waals surface area contributed by atoms with E-state index in [9.17, 15) is 9.90 Å². The van der Waals surface area contributed by atoms with Gasteiger partial charge in [-0.25, -0.2) is 4.79 Å². The van der Waals surface area contributed by atoms with Crippen LogP contribution in [0.4, 0.5) is 5.69 Å². The van der Waals surface area contributed by atoms with E-state index >= 15 is 0 Å². The molecule has 0 aliphatic rings. The number of aliphatic carboxylic acids is 1. The highest BCUT2D eigenvalue weighted by Crippen LogP contribution is 2.23. The zero-order chi connectivity index (χ0) is 14.5. The maximum atomic E-state index is 11.5. The number of carbonyl (C=O) groups is 1. The summed E-state index contributed by atoms with van der Waals surface area (Å²) in [6.45, 7) is 1.98. The molecule has 0 spiro atoms. The molecule has 1 unspecified atom stereocenters. The van der Waals surface area contributed by atoms with E-state index in [1.165, 1.54) is 0 Å². The molecule has 0 aliphatic heterocycles. The maximum absolute atomic E-state index is 11.5. The van der Waals surface area contributed by atoms with Crippen LogP contribution >= 0.6 is 11.8 Å². The van der Waals surface area contributed by atoms with Crippen LogP contribution in [-0.4, -0.2) is 17.3 Å². The van der Waals surface area contributed by atoms with E-state index in [0.29, 0.717) is 0 Å². The van der Waals surface area contributed by atoms with Crippen LogP contribution in [0, 0.1) is 6.92 Å². The quantitative estimate of drug-likeness (QED) is 0.817. The Bertz CT molecular complexity index is 596. The molecule has 0 aromatic heterocycles. The normalized spacial score (nSPS) is 11.9. The highest BCUT2D eigenvalue weighted by atomic mass is 32.2. The number of hydrogen-bond acceptors (Lipinski definition) is 3. The Kier molecular flexibility index (Phi) is 4.69. The largest absolute Gasteiger partial charge is 0.479 e. The third kappa shape index (κ3) is 3.54. The van der Waals surface area contributed by atoms with Gasteiger partial charge in [-0.2, -0.15) is 0 Å². The summed E-state index contributed by atoms with van der Waals surface area (Å²) < 4.78 is 0. The van der Waals surface area contributed by atoms with Crippen LogP contribution in [0.1, 0.15) is 17.2 Å². The van der Waals surface area contributed by atoms with E-state index in [-0.39, 0.29) is 0 Å². The smallest absolute Gasteiger partial charge is 0.330 e. The van der Waals surface area contributed by atoms with E-state index in [1.54, 1.807) is 11.8 Å². The molecular formula is C16H17NO2S. The molecule has 2 aromatic rings. The molecule has 2 N–H and O–H groups in total. The van der Waals surface area contributed by atoms with Crippen molar-refractivity contribution in [3.63, 3.8) is 0 Å². The number of carboxylic acids is 1. The average Bonchev–Trinajstić information content (AvgIpc) is 2.45. The minimum Gasteiger partial charge on any atom is -0.479 e. The Morgan fingerprint density at radius 2 is 1.90 bits per heavy atom. The highest BCUT2D eigenvalue weighted by molar-refractivity contribution is 7.98. The summed E-state index contributed by atoms with van der Waals surface area (Å²) in [5.74, 6) is -0.886. The van der Waals surface area contributed by atoms with E-state index in [0.717, 1.165) is 21.7 Å². The Morgan fingerprint density at radius 3 is 2.45 bits per heavy atom. The summed E-state index contributed by atoms with van der Waals surface area (Å²) >= 11 is 1.64. The second kappa shape index (κ2) is 6.48. The van der Waals surface area contributed by atoms with Gasteiger partial charge < -0.3 is 10.4 Å². The van der Waals surface area contributed by atoms with Gasteiger partial charge >= 0.3 is 5.97 Å². The zero-order valence-corrected chi connectivity index (χ0v) is 12.3. The Labute approximate surface area is 123 Å². The molecule has 0 fully saturated rings. The highest BCUT2D eigenvalue weighted by Gasteiger charge is 2.19. The van der Waals surface area contributed by atoms with Crippen molar-refractivity contribution < 1.29 is 9.90 Å². The second-order valence-electron chi connectivity index (χ2n) is 4.56. The van der Waals surface area contributed by atoms with Crippen molar-refractivity contribution in [3.8, 4) is 0 Å². The fraction of sp³-hybridized carbons (Fsp3) is 0.188. The third-order valence-corrected chi connectivity index (χ3v) is 3.77. The lowest BCUT2D eigenvalue weighted by Gasteiger charge is -2.17. The van der Waals surface area contributed by atoms with E-state index in [4.69, 9.17) is 0 Å². The molecule has 20 heavy (non-hydrogen) atoms. The fourth-order valence-electron chi connectivity index (χ4n) is 1.99. The van der Waals surface area contributed by atoms with Gasteiger partial charge in [0.15, 0.2) is 6.04 Å². The number of thioether (sulfide) groups is 1. The van der Waals surface area contributed by atoms with Gasteiger partial charge in [0, 0.05) is 10.6 Å². The van der Waals surface area contributed by atoms with Gasteiger partial charge in [0.2, 0.25) is 0 Å². The first-order valence-corrected chi connectivity index (χ1v) is 7.52. The van der Waals surface area contributed by atoms with Crippen molar-refractivity contribution in [1.82, 2.24) is 0 Å². The summed E-state index contributed by atoms with van der Waals surface area (Å²) in [6, 6.07) is 14.5. The third-order valence-electron chi connectivity index (χ3n) is 3.03. The number of benzene rings is 2. The molecule has 0 bridgehead atoms. The predicted octanol–water partition coefficient (Wildman–Crippen LogP) is 3.95. The monoisotopic (exact) mass is 287 g/mol. The minimum absolute atomic E-state index is 0.743. The van der Waals surface area contributed by atoms with Gasteiger partial charge in [0.05, 0.1) is 0 Å². The lowest BCUT2D eigenvalue weighted by atomic mass is 10.1. The first-order chi connectivity index (χ1) is 9.60. The van der Waals surface area contributed by atoms with Gasteiger partial charge in [-0.05, 0) is 48.6 Å². The summed E-state index contributed by atoms with van der Waals surface area (Å²) in [7, 11) is 0. The SMILES string of the molecule is CSc1ccc(C(Nc2cccc(C)c2)C(=O)O)cc1. The van der Waals surface area contributed by atoms with E-state index in [1.807, 2.05) is 61.7 Å². The lowest BCUT2D eigenvalue weighted by molar-refractivity contribution is -0.138. The first-order valence-electron chi connectivity index (χ1n) is 6.30. The number of aryl methyl sites for hydroxylation is 1. The molecule has 0 radical (unpaired) electrons. The van der Waals surface area contributed by atoms with Crippen molar-refractivity contribution in [2.24, 2.45) is 0 Å². The van der Waals surface area contributed by atoms with Gasteiger partial charge in [0.25, 0.3) is 0 Å². The van der Waals surface area contributed by atoms with E-state index in [2.05, 4.69) is 5.32 Å². The van der Waals surface area contributed by atoms with Crippen molar-refractivity contribution in [3.05, 3.63) is 59.7 Å². The van der Waals surface area contributed by atoms with Gasteiger partial charge in [-0.1, -0.05) is 24.3 Å². The van der Waals surface area contributed by atoms with Gasteiger partial charge in [-0.15, -0.1) is 11.8 Å². The molecular weight excluding hydrogens is 270 g/mol. The van der Waals surface area contributed by atoms with Crippen molar-refractivity contribution >= 4 is 23.4 Å². The molecule has 1 atom stereocenters. The van der Waals surface area contributed by atoms with Crippen LogP contribution in [0.3, 0.4) is 0 Å². The van der Waals surface area contributed by atoms with E-state index < -0.39 is 12.0 Å². The summed E-state index contributed by atoms with van der Waals surface area (Å²) in [4.78, 5) is 12.6. The van der Waals surface area contributed by atoms with Crippen molar-refractivity contribution in [1.29, 1.82) is 0 Å². The van der Waals surface area contributed by atoms with Crippen LogP contribution < -0.4 is 5.32 Å². The molecule has 2 aromatic carbocycles. The molecule has 4 heteroatoms. The molecule has 0 saturated carbocycles. The minimum atomic E-state index is -0.886. The van der Waals surface area contributed by atoms with Crippen LogP contribution in [0.5, 0.6) is 0 Å². The number of hydrogen-bond donors (Lipinski definition) is 2. The summed E-state index contributed by atoms with van der Waals surface area (Å²) in [5.41, 5.74) is 2.65. The van der Waals surface area contributed by atoms with Crippen molar-refractivity contribution in [2.75, 3.05) is 11.6 Å². The Balaban J connectivity index is 2.24. The number of anilines is 1. The van der Waals surface area contributed by atoms with Crippen LogP contribution in [0.25, 0.3) is 0 Å². The summed E-state index contributed by atoms with van der Waals surface area (Å²) in [6.07, 6.45) is 1.99. The number of rotatable bonds is 5. The molecule has 104 valence electrons. The molecule has 0 aliphatic carbocycles. The van der Waals surface area contributed by atoms with Gasteiger partial charge in [0.1, 0.15) is 0 Å². The average molecular weight is 287 g/mol. The van der Waals surface area contributed by atoms with Crippen LogP contribution in [0.15, 0.2) is 53.4 Å². The van der Waals surface area contributed by atoms with Crippen LogP contribution in [0.2, 0.25) is 0 Å². The fourth-order valence-corrected chi connectivity index (χ4v) is 2.39. The maximum Gasteiger partial charge on any atom is 0.330 e. The topological polar surface area (TPSA) is 49.3 Å². The standard InChI is InChI=1S/C16H17NO2S/c1-11-4-3-5-13(10-11)17-15(16(18)19)12-6-8-14(20-2)9-7-12/h3-10,15,17H,1-2H3,(H,18,19). The van der Waals surface area contributed by atoms with Gasteiger partial charge in [-0.3, -0.25) is 0 Å². The zero-order valence-electron chi connectivity index (χ0n) is 11.5. The van der Waals surface area contributed by atoms with Crippen LogP contribution in [-0.2, 0) is 4.79 Å². The Morgan fingerprint density at radius 1 is 1.20 bits per heavy atom. The summed E-state index contributed by atoms with van der Waals surface area (Å²) in [5, 5.41) is 12.5. The van der Waals surface area contributed by atoms with Crippen molar-refractivity contribution in [2.45, 2.75) is 17.9 Å². The molecule has 2 rings (SSSR count). The molecule has 0 saturated heterocycles. The Hall–Kier alpha value is -1.94. The number of nitrogens with one attached hydrogen (secondary N) is 1. The number of carboxylic acid groups (broad SMARTS) is 1. The molecule has 0 amide bonds. The molecule has 0 heterocycles. The molecule has 3 nitrogen and oxygen atoms in total. The predicted molar refractivity (Wildman–Crippen MR) is 83.4 cm³/mol. The lowest BCUT2D eigenvalue weighted by Crippen LogP contribution is -2.20. The second-order valence-corrected chi connectivity index (χ2v) is 5.44.